The molecule has 0 spiro atoms. The normalized spacial score (nSPS) is 20.9. The number of hydrogen-bond donors (Lipinski definition) is 2. The highest BCUT2D eigenvalue weighted by Crippen LogP contribution is 2.44. The van der Waals surface area contributed by atoms with E-state index in [-0.39, 0.29) is 5.41 Å². The molecule has 0 aliphatic heterocycles. The van der Waals surface area contributed by atoms with Gasteiger partial charge in [-0.25, -0.2) is 12.8 Å². The third kappa shape index (κ3) is 4.56. The van der Waals surface area contributed by atoms with Crippen molar-refractivity contribution >= 4 is 21.5 Å². The number of anilines is 2. The van der Waals surface area contributed by atoms with E-state index in [0.717, 1.165) is 17.5 Å². The number of benzene rings is 1. The summed E-state index contributed by atoms with van der Waals surface area (Å²) in [5, 5.41) is 11.7. The van der Waals surface area contributed by atoms with Crippen LogP contribution in [0.3, 0.4) is 0 Å². The minimum absolute atomic E-state index is 0.330. The standard InChI is InChI=1S/C21H22FN5O2S/c1-30(28,29)27-17-7-5-15(6-8-17)18-9-10-20(26-25-18)24-14-21(12-16(22)13-21)19-4-2-3-11-23-19/h2-11,16,27H,12-14H2,1H3,(H,24,26). The molecule has 1 aromatic carbocycles. The second-order valence-electron chi connectivity index (χ2n) is 7.61. The molecular weight excluding hydrogens is 405 g/mol. The molecule has 1 saturated carbocycles. The SMILES string of the molecule is CS(=O)(=O)Nc1ccc(-c2ccc(NCC3(c4ccccn4)CC(F)C3)nn2)cc1. The molecule has 4 rings (SSSR count). The Balaban J connectivity index is 1.43. The Morgan fingerprint density at radius 2 is 1.83 bits per heavy atom. The van der Waals surface area contributed by atoms with Gasteiger partial charge >= 0.3 is 0 Å². The Kier molecular flexibility index (Phi) is 5.38. The third-order valence-corrected chi connectivity index (χ3v) is 5.80. The summed E-state index contributed by atoms with van der Waals surface area (Å²) < 4.78 is 38.7. The van der Waals surface area contributed by atoms with Crippen LogP contribution in [0.15, 0.2) is 60.8 Å². The summed E-state index contributed by atoms with van der Waals surface area (Å²) in [6.07, 6.45) is 2.91. The average molecular weight is 428 g/mol. The van der Waals surface area contributed by atoms with Crippen LogP contribution < -0.4 is 10.0 Å². The first-order chi connectivity index (χ1) is 14.3. The smallest absolute Gasteiger partial charge is 0.229 e. The molecule has 0 unspecified atom stereocenters. The molecule has 2 heterocycles. The van der Waals surface area contributed by atoms with E-state index in [1.165, 1.54) is 0 Å². The minimum Gasteiger partial charge on any atom is -0.368 e. The van der Waals surface area contributed by atoms with Gasteiger partial charge in [-0.05, 0) is 49.2 Å². The average Bonchev–Trinajstić information content (AvgIpc) is 2.71. The lowest BCUT2D eigenvalue weighted by Crippen LogP contribution is -2.48. The summed E-state index contributed by atoms with van der Waals surface area (Å²) in [6, 6.07) is 16.3. The second kappa shape index (κ2) is 7.98. The molecule has 0 atom stereocenters. The Morgan fingerprint density at radius 1 is 1.07 bits per heavy atom. The number of aromatic nitrogens is 3. The van der Waals surface area contributed by atoms with Crippen LogP contribution >= 0.6 is 0 Å². The molecule has 7 nitrogen and oxygen atoms in total. The summed E-state index contributed by atoms with van der Waals surface area (Å²) in [5.41, 5.74) is 2.53. The second-order valence-corrected chi connectivity index (χ2v) is 9.36. The van der Waals surface area contributed by atoms with Gasteiger partial charge in [-0.1, -0.05) is 18.2 Å². The lowest BCUT2D eigenvalue weighted by atomic mass is 9.65. The molecule has 9 heteroatoms. The zero-order chi connectivity index (χ0) is 21.2. The first-order valence-electron chi connectivity index (χ1n) is 9.54. The molecular formula is C21H22FN5O2S. The van der Waals surface area contributed by atoms with Crippen molar-refractivity contribution in [2.24, 2.45) is 0 Å². The van der Waals surface area contributed by atoms with Crippen molar-refractivity contribution in [3.63, 3.8) is 0 Å². The molecule has 156 valence electrons. The fraction of sp³-hybridized carbons (Fsp3) is 0.286. The number of alkyl halides is 1. The first-order valence-corrected chi connectivity index (χ1v) is 11.4. The quantitative estimate of drug-likeness (QED) is 0.600. The molecule has 30 heavy (non-hydrogen) atoms. The number of nitrogens with one attached hydrogen (secondary N) is 2. The Bertz CT molecular complexity index is 1100. The van der Waals surface area contributed by atoms with Gasteiger partial charge in [-0.15, -0.1) is 10.2 Å². The van der Waals surface area contributed by atoms with Gasteiger partial charge in [0.25, 0.3) is 0 Å². The van der Waals surface area contributed by atoms with Gasteiger partial charge in [0.2, 0.25) is 10.0 Å². The largest absolute Gasteiger partial charge is 0.368 e. The fourth-order valence-corrected chi connectivity index (χ4v) is 4.24. The Labute approximate surface area is 174 Å². The molecule has 2 N–H and O–H groups in total. The molecule has 2 aromatic heterocycles. The lowest BCUT2D eigenvalue weighted by molar-refractivity contribution is 0.0996. The van der Waals surface area contributed by atoms with Gasteiger partial charge in [0.1, 0.15) is 12.0 Å². The molecule has 1 fully saturated rings. The highest BCUT2D eigenvalue weighted by atomic mass is 32.2. The van der Waals surface area contributed by atoms with Crippen LogP contribution in [0.1, 0.15) is 18.5 Å². The molecule has 0 radical (unpaired) electrons. The topological polar surface area (TPSA) is 96.9 Å². The van der Waals surface area contributed by atoms with Crippen molar-refractivity contribution < 1.29 is 12.8 Å². The minimum atomic E-state index is -3.31. The molecule has 0 bridgehead atoms. The van der Waals surface area contributed by atoms with E-state index >= 15 is 0 Å². The molecule has 1 aliphatic rings. The summed E-state index contributed by atoms with van der Waals surface area (Å²) in [4.78, 5) is 4.42. The molecule has 0 saturated heterocycles. The van der Waals surface area contributed by atoms with Gasteiger partial charge < -0.3 is 5.32 Å². The number of pyridine rings is 1. The van der Waals surface area contributed by atoms with E-state index in [1.807, 2.05) is 30.3 Å². The summed E-state index contributed by atoms with van der Waals surface area (Å²) >= 11 is 0. The van der Waals surface area contributed by atoms with Crippen LogP contribution in [-0.2, 0) is 15.4 Å². The van der Waals surface area contributed by atoms with E-state index in [2.05, 4.69) is 25.2 Å². The number of halogens is 1. The number of hydrogen-bond acceptors (Lipinski definition) is 6. The number of sulfonamides is 1. The summed E-state index contributed by atoms with van der Waals surface area (Å²) in [5.74, 6) is 0.603. The predicted molar refractivity (Wildman–Crippen MR) is 114 cm³/mol. The molecule has 3 aromatic rings. The lowest BCUT2D eigenvalue weighted by Gasteiger charge is -2.43. The molecule has 0 amide bonds. The maximum Gasteiger partial charge on any atom is 0.229 e. The van der Waals surface area contributed by atoms with Crippen LogP contribution in [0.2, 0.25) is 0 Å². The van der Waals surface area contributed by atoms with Crippen LogP contribution in [0.5, 0.6) is 0 Å². The fourth-order valence-electron chi connectivity index (χ4n) is 3.67. The van der Waals surface area contributed by atoms with E-state index in [1.54, 1.807) is 30.5 Å². The maximum atomic E-state index is 13.7. The van der Waals surface area contributed by atoms with E-state index in [0.29, 0.717) is 36.6 Å². The van der Waals surface area contributed by atoms with Crippen molar-refractivity contribution in [1.82, 2.24) is 15.2 Å². The monoisotopic (exact) mass is 427 g/mol. The van der Waals surface area contributed by atoms with Crippen molar-refractivity contribution in [3.8, 4) is 11.3 Å². The van der Waals surface area contributed by atoms with Gasteiger partial charge in [0.05, 0.1) is 11.9 Å². The van der Waals surface area contributed by atoms with E-state index in [9.17, 15) is 12.8 Å². The third-order valence-electron chi connectivity index (χ3n) is 5.19. The zero-order valence-corrected chi connectivity index (χ0v) is 17.2. The Hall–Kier alpha value is -3.07. The van der Waals surface area contributed by atoms with Gasteiger partial charge in [0, 0.05) is 35.1 Å². The van der Waals surface area contributed by atoms with Crippen molar-refractivity contribution in [3.05, 3.63) is 66.5 Å². The van der Waals surface area contributed by atoms with E-state index in [4.69, 9.17) is 0 Å². The van der Waals surface area contributed by atoms with Crippen LogP contribution in [-0.4, -0.2) is 42.6 Å². The van der Waals surface area contributed by atoms with Crippen LogP contribution in [0, 0.1) is 0 Å². The van der Waals surface area contributed by atoms with Gasteiger partial charge in [0.15, 0.2) is 0 Å². The predicted octanol–water partition coefficient (Wildman–Crippen LogP) is 3.39. The van der Waals surface area contributed by atoms with Crippen molar-refractivity contribution in [1.29, 1.82) is 0 Å². The number of nitrogens with zero attached hydrogens (tertiary/aromatic N) is 3. The summed E-state index contributed by atoms with van der Waals surface area (Å²) in [7, 11) is -3.31. The maximum absolute atomic E-state index is 13.7. The van der Waals surface area contributed by atoms with Crippen molar-refractivity contribution in [2.75, 3.05) is 22.8 Å². The van der Waals surface area contributed by atoms with Crippen molar-refractivity contribution in [2.45, 2.75) is 24.4 Å². The van der Waals surface area contributed by atoms with Crippen LogP contribution in [0.4, 0.5) is 15.9 Å². The van der Waals surface area contributed by atoms with Gasteiger partial charge in [-0.2, -0.15) is 0 Å². The van der Waals surface area contributed by atoms with Crippen LogP contribution in [0.25, 0.3) is 11.3 Å². The first kappa shape index (κ1) is 20.2. The molecule has 1 aliphatic carbocycles. The highest BCUT2D eigenvalue weighted by molar-refractivity contribution is 7.92. The van der Waals surface area contributed by atoms with E-state index < -0.39 is 16.2 Å². The highest BCUT2D eigenvalue weighted by Gasteiger charge is 2.46. The Morgan fingerprint density at radius 3 is 2.40 bits per heavy atom. The van der Waals surface area contributed by atoms with Gasteiger partial charge in [-0.3, -0.25) is 9.71 Å². The summed E-state index contributed by atoms with van der Waals surface area (Å²) in [6.45, 7) is 0.532. The zero-order valence-electron chi connectivity index (χ0n) is 16.4. The number of rotatable bonds is 7.